The van der Waals surface area contributed by atoms with Crippen LogP contribution in [0.25, 0.3) is 0 Å². The van der Waals surface area contributed by atoms with Crippen LogP contribution in [-0.2, 0) is 4.79 Å². The van der Waals surface area contributed by atoms with Crippen LogP contribution in [0.3, 0.4) is 0 Å². The van der Waals surface area contributed by atoms with Crippen LogP contribution in [0.15, 0.2) is 24.3 Å². The van der Waals surface area contributed by atoms with Crippen LogP contribution in [0.4, 0.5) is 0 Å². The summed E-state index contributed by atoms with van der Waals surface area (Å²) in [4.78, 5) is 14.6. The number of rotatable bonds is 4. The molecule has 0 bridgehead atoms. The lowest BCUT2D eigenvalue weighted by molar-refractivity contribution is -0.131. The van der Waals surface area contributed by atoms with Gasteiger partial charge in [-0.15, -0.1) is 0 Å². The van der Waals surface area contributed by atoms with Crippen molar-refractivity contribution in [1.82, 2.24) is 10.2 Å². The van der Waals surface area contributed by atoms with E-state index < -0.39 is 0 Å². The van der Waals surface area contributed by atoms with Gasteiger partial charge in [-0.1, -0.05) is 37.1 Å². The fraction of sp³-hybridized carbons (Fsp3) is 0.611. The minimum absolute atomic E-state index is 0.271. The Bertz CT molecular complexity index is 494. The summed E-state index contributed by atoms with van der Waals surface area (Å²) in [5, 5.41) is 3.45. The quantitative estimate of drug-likeness (QED) is 0.922. The number of carbonyl (C=O) groups excluding carboxylic acids is 1. The third-order valence-electron chi connectivity index (χ3n) is 5.02. The van der Waals surface area contributed by atoms with E-state index in [9.17, 15) is 4.79 Å². The van der Waals surface area contributed by atoms with Crippen molar-refractivity contribution in [2.75, 3.05) is 13.1 Å². The molecule has 1 saturated heterocycles. The van der Waals surface area contributed by atoms with E-state index in [0.717, 1.165) is 19.4 Å². The summed E-state index contributed by atoms with van der Waals surface area (Å²) in [6.45, 7) is 3.56. The first kappa shape index (κ1) is 14.6. The molecule has 3 nitrogen and oxygen atoms in total. The van der Waals surface area contributed by atoms with Gasteiger partial charge in [-0.05, 0) is 43.7 Å². The number of carbonyl (C=O) groups is 1. The second kappa shape index (κ2) is 6.61. The van der Waals surface area contributed by atoms with Crippen LogP contribution in [0, 0.1) is 6.92 Å². The number of aryl methyl sites for hydroxylation is 1. The molecule has 0 aromatic heterocycles. The van der Waals surface area contributed by atoms with Crippen LogP contribution < -0.4 is 5.32 Å². The molecule has 1 atom stereocenters. The lowest BCUT2D eigenvalue weighted by atomic mass is 9.99. The van der Waals surface area contributed by atoms with Gasteiger partial charge in [0.05, 0.1) is 12.6 Å². The molecule has 114 valence electrons. The van der Waals surface area contributed by atoms with Gasteiger partial charge in [-0.3, -0.25) is 4.79 Å². The van der Waals surface area contributed by atoms with Gasteiger partial charge in [0.1, 0.15) is 0 Å². The van der Waals surface area contributed by atoms with Crippen LogP contribution in [0.2, 0.25) is 0 Å². The summed E-state index contributed by atoms with van der Waals surface area (Å²) in [5.74, 6) is 0.271. The number of hydrogen-bond donors (Lipinski definition) is 1. The first-order valence-corrected chi connectivity index (χ1v) is 8.34. The fourth-order valence-electron chi connectivity index (χ4n) is 3.81. The second-order valence-electron chi connectivity index (χ2n) is 6.46. The average Bonchev–Trinajstić information content (AvgIpc) is 3.16. The molecule has 1 amide bonds. The van der Waals surface area contributed by atoms with Crippen molar-refractivity contribution >= 4 is 5.91 Å². The molecule has 1 aliphatic carbocycles. The van der Waals surface area contributed by atoms with Crippen molar-refractivity contribution in [3.8, 4) is 0 Å². The van der Waals surface area contributed by atoms with E-state index in [0.29, 0.717) is 12.6 Å². The molecule has 2 aliphatic rings. The Balaban J connectivity index is 1.63. The van der Waals surface area contributed by atoms with Gasteiger partial charge in [0.2, 0.25) is 5.91 Å². The summed E-state index contributed by atoms with van der Waals surface area (Å²) >= 11 is 0. The maximum absolute atomic E-state index is 12.6. The first-order chi connectivity index (χ1) is 10.3. The van der Waals surface area contributed by atoms with Crippen molar-refractivity contribution in [2.24, 2.45) is 0 Å². The molecule has 1 heterocycles. The van der Waals surface area contributed by atoms with Gasteiger partial charge in [0.25, 0.3) is 0 Å². The molecule has 2 fully saturated rings. The van der Waals surface area contributed by atoms with Gasteiger partial charge in [-0.2, -0.15) is 0 Å². The van der Waals surface area contributed by atoms with E-state index in [-0.39, 0.29) is 11.9 Å². The Hall–Kier alpha value is -1.35. The molecular weight excluding hydrogens is 260 g/mol. The minimum Gasteiger partial charge on any atom is -0.335 e. The Labute approximate surface area is 127 Å². The van der Waals surface area contributed by atoms with E-state index in [1.165, 1.54) is 36.8 Å². The Morgan fingerprint density at radius 1 is 1.19 bits per heavy atom. The molecule has 1 saturated carbocycles. The number of amides is 1. The lowest BCUT2D eigenvalue weighted by Crippen LogP contribution is -2.40. The van der Waals surface area contributed by atoms with E-state index >= 15 is 0 Å². The third-order valence-corrected chi connectivity index (χ3v) is 5.02. The highest BCUT2D eigenvalue weighted by Gasteiger charge is 2.30. The number of hydrogen-bond acceptors (Lipinski definition) is 2. The Morgan fingerprint density at radius 3 is 2.71 bits per heavy atom. The Kier molecular flexibility index (Phi) is 4.59. The average molecular weight is 286 g/mol. The smallest absolute Gasteiger partial charge is 0.237 e. The molecular formula is C18H26N2O. The van der Waals surface area contributed by atoms with Crippen LogP contribution in [0.1, 0.15) is 55.7 Å². The van der Waals surface area contributed by atoms with Gasteiger partial charge >= 0.3 is 0 Å². The van der Waals surface area contributed by atoms with Crippen molar-refractivity contribution in [1.29, 1.82) is 0 Å². The van der Waals surface area contributed by atoms with Gasteiger partial charge in [0.15, 0.2) is 0 Å². The zero-order valence-corrected chi connectivity index (χ0v) is 13.0. The van der Waals surface area contributed by atoms with E-state index in [1.807, 2.05) is 0 Å². The zero-order valence-electron chi connectivity index (χ0n) is 13.0. The number of nitrogens with one attached hydrogen (secondary N) is 1. The zero-order chi connectivity index (χ0) is 14.7. The fourth-order valence-corrected chi connectivity index (χ4v) is 3.81. The van der Waals surface area contributed by atoms with Gasteiger partial charge in [0, 0.05) is 12.6 Å². The molecule has 3 heteroatoms. The molecule has 0 radical (unpaired) electrons. The predicted molar refractivity (Wildman–Crippen MR) is 85.1 cm³/mol. The summed E-state index contributed by atoms with van der Waals surface area (Å²) in [6, 6.07) is 9.32. The van der Waals surface area contributed by atoms with Crippen LogP contribution >= 0.6 is 0 Å². The lowest BCUT2D eigenvalue weighted by Gasteiger charge is -2.27. The van der Waals surface area contributed by atoms with E-state index in [1.54, 1.807) is 0 Å². The first-order valence-electron chi connectivity index (χ1n) is 8.34. The van der Waals surface area contributed by atoms with E-state index in [4.69, 9.17) is 0 Å². The molecule has 0 spiro atoms. The molecule has 1 aromatic carbocycles. The van der Waals surface area contributed by atoms with Gasteiger partial charge < -0.3 is 10.2 Å². The number of likely N-dealkylation sites (tertiary alicyclic amines) is 1. The molecule has 1 N–H and O–H groups in total. The maximum Gasteiger partial charge on any atom is 0.237 e. The summed E-state index contributed by atoms with van der Waals surface area (Å²) < 4.78 is 0. The highest BCUT2D eigenvalue weighted by molar-refractivity contribution is 5.79. The molecule has 1 aliphatic heterocycles. The standard InChI is InChI=1S/C18H26N2O/c1-14-7-2-5-10-16(14)17-11-6-12-20(17)18(21)13-19-15-8-3-4-9-15/h2,5,7,10,15,17,19H,3-4,6,8-9,11-13H2,1H3. The van der Waals surface area contributed by atoms with Gasteiger partial charge in [-0.25, -0.2) is 0 Å². The third kappa shape index (κ3) is 3.29. The number of nitrogens with zero attached hydrogens (tertiary/aromatic N) is 1. The SMILES string of the molecule is Cc1ccccc1C1CCCN1C(=O)CNC1CCCC1. The normalized spacial score (nSPS) is 22.9. The second-order valence-corrected chi connectivity index (χ2v) is 6.46. The summed E-state index contributed by atoms with van der Waals surface area (Å²) in [5.41, 5.74) is 2.62. The molecule has 1 aromatic rings. The molecule has 21 heavy (non-hydrogen) atoms. The maximum atomic E-state index is 12.6. The summed E-state index contributed by atoms with van der Waals surface area (Å²) in [7, 11) is 0. The summed E-state index contributed by atoms with van der Waals surface area (Å²) in [6.07, 6.45) is 7.29. The van der Waals surface area contributed by atoms with Crippen molar-refractivity contribution in [2.45, 2.75) is 57.5 Å². The van der Waals surface area contributed by atoms with Crippen molar-refractivity contribution in [3.63, 3.8) is 0 Å². The minimum atomic E-state index is 0.271. The van der Waals surface area contributed by atoms with E-state index in [2.05, 4.69) is 41.4 Å². The largest absolute Gasteiger partial charge is 0.335 e. The van der Waals surface area contributed by atoms with Crippen LogP contribution in [0.5, 0.6) is 0 Å². The Morgan fingerprint density at radius 2 is 1.95 bits per heavy atom. The predicted octanol–water partition coefficient (Wildman–Crippen LogP) is 3.19. The topological polar surface area (TPSA) is 32.3 Å². The van der Waals surface area contributed by atoms with Crippen LogP contribution in [-0.4, -0.2) is 29.9 Å². The monoisotopic (exact) mass is 286 g/mol. The highest BCUT2D eigenvalue weighted by atomic mass is 16.2. The van der Waals surface area contributed by atoms with Crippen molar-refractivity contribution in [3.05, 3.63) is 35.4 Å². The molecule has 1 unspecified atom stereocenters. The number of benzene rings is 1. The van der Waals surface area contributed by atoms with Crippen molar-refractivity contribution < 1.29 is 4.79 Å². The highest BCUT2D eigenvalue weighted by Crippen LogP contribution is 2.33. The molecule has 3 rings (SSSR count).